The van der Waals surface area contributed by atoms with E-state index in [0.717, 1.165) is 17.4 Å². The molecule has 0 aliphatic heterocycles. The summed E-state index contributed by atoms with van der Waals surface area (Å²) in [5, 5.41) is 0. The minimum absolute atomic E-state index is 0. The Bertz CT molecular complexity index is 534. The number of carbonyl (C=O) groups excluding carboxylic acids is 1. The maximum absolute atomic E-state index is 14.0. The van der Waals surface area contributed by atoms with Crippen LogP contribution in [0, 0.1) is 5.82 Å². The van der Waals surface area contributed by atoms with E-state index in [1.807, 2.05) is 43.3 Å². The average Bonchev–Trinajstić information content (AvgIpc) is 2.40. The van der Waals surface area contributed by atoms with E-state index in [0.29, 0.717) is 12.0 Å². The fourth-order valence-corrected chi connectivity index (χ4v) is 1.97. The molecule has 0 radical (unpaired) electrons. The van der Waals surface area contributed by atoms with Gasteiger partial charge < -0.3 is 4.79 Å². The predicted molar refractivity (Wildman–Crippen MR) is 77.7 cm³/mol. The van der Waals surface area contributed by atoms with Gasteiger partial charge in [0.1, 0.15) is 12.1 Å². The van der Waals surface area contributed by atoms with Gasteiger partial charge >= 0.3 is 0 Å². The van der Waals surface area contributed by atoms with Crippen molar-refractivity contribution in [3.8, 4) is 11.1 Å². The molecule has 0 saturated heterocycles. The van der Waals surface area contributed by atoms with Crippen LogP contribution in [0.3, 0.4) is 0 Å². The van der Waals surface area contributed by atoms with Crippen LogP contribution in [0.1, 0.15) is 32.3 Å². The smallest absolute Gasteiger partial charge is 0.131 e. The summed E-state index contributed by atoms with van der Waals surface area (Å²) in [6, 6.07) is 14.6. The van der Waals surface area contributed by atoms with Crippen molar-refractivity contribution >= 4 is 6.29 Å². The number of rotatable bonds is 4. The SMILES string of the molecule is C.CC(CC=O)c1ccc(-c2ccccc2)c(F)c1. The van der Waals surface area contributed by atoms with Crippen LogP contribution in [0.15, 0.2) is 48.5 Å². The lowest BCUT2D eigenvalue weighted by Gasteiger charge is -2.10. The first kappa shape index (κ1) is 15.1. The second-order valence-electron chi connectivity index (χ2n) is 4.41. The van der Waals surface area contributed by atoms with Crippen molar-refractivity contribution in [2.75, 3.05) is 0 Å². The Morgan fingerprint density at radius 3 is 2.42 bits per heavy atom. The zero-order chi connectivity index (χ0) is 13.0. The zero-order valence-electron chi connectivity index (χ0n) is 10.3. The normalized spacial score (nSPS) is 11.5. The first-order valence-corrected chi connectivity index (χ1v) is 6.01. The third kappa shape index (κ3) is 3.50. The molecule has 0 spiro atoms. The van der Waals surface area contributed by atoms with E-state index < -0.39 is 0 Å². The summed E-state index contributed by atoms with van der Waals surface area (Å²) < 4.78 is 14.0. The second-order valence-corrected chi connectivity index (χ2v) is 4.41. The number of hydrogen-bond donors (Lipinski definition) is 0. The predicted octanol–water partition coefficient (Wildman–Crippen LogP) is 4.82. The fourth-order valence-electron chi connectivity index (χ4n) is 1.97. The molecule has 0 aromatic heterocycles. The Morgan fingerprint density at radius 1 is 1.16 bits per heavy atom. The molecular weight excluding hydrogens is 239 g/mol. The van der Waals surface area contributed by atoms with Crippen LogP contribution in [0.25, 0.3) is 11.1 Å². The Labute approximate surface area is 114 Å². The van der Waals surface area contributed by atoms with Gasteiger partial charge in [-0.25, -0.2) is 4.39 Å². The van der Waals surface area contributed by atoms with Crippen LogP contribution in [-0.2, 0) is 4.79 Å². The van der Waals surface area contributed by atoms with E-state index in [4.69, 9.17) is 0 Å². The van der Waals surface area contributed by atoms with Gasteiger partial charge in [-0.1, -0.05) is 56.8 Å². The highest BCUT2D eigenvalue weighted by Crippen LogP contribution is 2.26. The highest BCUT2D eigenvalue weighted by molar-refractivity contribution is 5.64. The number of halogens is 1. The van der Waals surface area contributed by atoms with Gasteiger partial charge in [0.2, 0.25) is 0 Å². The highest BCUT2D eigenvalue weighted by Gasteiger charge is 2.09. The number of hydrogen-bond acceptors (Lipinski definition) is 1. The summed E-state index contributed by atoms with van der Waals surface area (Å²) in [4.78, 5) is 10.5. The molecule has 0 saturated carbocycles. The summed E-state index contributed by atoms with van der Waals surface area (Å²) in [5.74, 6) is -0.182. The van der Waals surface area contributed by atoms with Gasteiger partial charge in [-0.3, -0.25) is 0 Å². The van der Waals surface area contributed by atoms with Crippen molar-refractivity contribution in [1.29, 1.82) is 0 Å². The average molecular weight is 258 g/mol. The Morgan fingerprint density at radius 2 is 1.84 bits per heavy atom. The molecule has 1 atom stereocenters. The fraction of sp³-hybridized carbons (Fsp3) is 0.235. The first-order valence-electron chi connectivity index (χ1n) is 6.01. The molecule has 2 aromatic rings. The zero-order valence-corrected chi connectivity index (χ0v) is 10.3. The van der Waals surface area contributed by atoms with Crippen molar-refractivity contribution in [2.45, 2.75) is 26.7 Å². The van der Waals surface area contributed by atoms with E-state index in [2.05, 4.69) is 0 Å². The standard InChI is InChI=1S/C16H15FO.CH4/c1-12(9-10-18)14-7-8-15(16(17)11-14)13-5-3-2-4-6-13;/h2-8,10-12H,9H2,1H3;1H4. The highest BCUT2D eigenvalue weighted by atomic mass is 19.1. The Kier molecular flexibility index (Phi) is 5.43. The van der Waals surface area contributed by atoms with Crippen molar-refractivity contribution in [3.05, 3.63) is 59.9 Å². The molecule has 1 unspecified atom stereocenters. The molecule has 0 amide bonds. The van der Waals surface area contributed by atoms with Gasteiger partial charge in [0, 0.05) is 12.0 Å². The molecule has 2 aromatic carbocycles. The molecule has 19 heavy (non-hydrogen) atoms. The van der Waals surface area contributed by atoms with Crippen molar-refractivity contribution in [3.63, 3.8) is 0 Å². The van der Waals surface area contributed by atoms with Crippen molar-refractivity contribution in [2.24, 2.45) is 0 Å². The third-order valence-corrected chi connectivity index (χ3v) is 3.10. The summed E-state index contributed by atoms with van der Waals surface area (Å²) in [6.45, 7) is 1.92. The molecule has 0 aliphatic rings. The van der Waals surface area contributed by atoms with Crippen LogP contribution in [0.4, 0.5) is 4.39 Å². The lowest BCUT2D eigenvalue weighted by Crippen LogP contribution is -1.96. The van der Waals surface area contributed by atoms with Crippen molar-refractivity contribution in [1.82, 2.24) is 0 Å². The quantitative estimate of drug-likeness (QED) is 0.718. The van der Waals surface area contributed by atoms with Gasteiger partial charge in [0.15, 0.2) is 0 Å². The van der Waals surface area contributed by atoms with Crippen LogP contribution < -0.4 is 0 Å². The maximum Gasteiger partial charge on any atom is 0.131 e. The molecule has 2 rings (SSSR count). The first-order chi connectivity index (χ1) is 8.72. The summed E-state index contributed by atoms with van der Waals surface area (Å²) in [7, 11) is 0. The van der Waals surface area contributed by atoms with Gasteiger partial charge in [0.25, 0.3) is 0 Å². The van der Waals surface area contributed by atoms with Crippen LogP contribution in [0.2, 0.25) is 0 Å². The second kappa shape index (κ2) is 6.83. The largest absolute Gasteiger partial charge is 0.303 e. The molecule has 2 heteroatoms. The van der Waals surface area contributed by atoms with E-state index in [1.54, 1.807) is 6.07 Å². The minimum atomic E-state index is -0.239. The monoisotopic (exact) mass is 258 g/mol. The molecule has 0 bridgehead atoms. The topological polar surface area (TPSA) is 17.1 Å². The molecular formula is C17H19FO. The molecule has 100 valence electrons. The maximum atomic E-state index is 14.0. The lowest BCUT2D eigenvalue weighted by atomic mass is 9.95. The summed E-state index contributed by atoms with van der Waals surface area (Å²) >= 11 is 0. The molecule has 0 fully saturated rings. The number of carbonyl (C=O) groups is 1. The summed E-state index contributed by atoms with van der Waals surface area (Å²) in [5.41, 5.74) is 2.32. The van der Waals surface area contributed by atoms with Crippen LogP contribution in [-0.4, -0.2) is 6.29 Å². The number of aldehydes is 1. The summed E-state index contributed by atoms with van der Waals surface area (Å²) in [6.07, 6.45) is 1.29. The van der Waals surface area contributed by atoms with E-state index in [-0.39, 0.29) is 19.2 Å². The Balaban J connectivity index is 0.00000180. The van der Waals surface area contributed by atoms with E-state index in [9.17, 15) is 9.18 Å². The van der Waals surface area contributed by atoms with Gasteiger partial charge in [0.05, 0.1) is 0 Å². The van der Waals surface area contributed by atoms with E-state index >= 15 is 0 Å². The molecule has 0 aliphatic carbocycles. The van der Waals surface area contributed by atoms with Gasteiger partial charge in [-0.05, 0) is 23.1 Å². The van der Waals surface area contributed by atoms with Crippen LogP contribution >= 0.6 is 0 Å². The Hall–Kier alpha value is -1.96. The van der Waals surface area contributed by atoms with Gasteiger partial charge in [-0.15, -0.1) is 0 Å². The van der Waals surface area contributed by atoms with Gasteiger partial charge in [-0.2, -0.15) is 0 Å². The minimum Gasteiger partial charge on any atom is -0.303 e. The molecule has 0 N–H and O–H groups in total. The lowest BCUT2D eigenvalue weighted by molar-refractivity contribution is -0.108. The van der Waals surface area contributed by atoms with Crippen LogP contribution in [0.5, 0.6) is 0 Å². The third-order valence-electron chi connectivity index (χ3n) is 3.10. The number of benzene rings is 2. The van der Waals surface area contributed by atoms with E-state index in [1.165, 1.54) is 6.07 Å². The molecule has 1 nitrogen and oxygen atoms in total. The molecule has 0 heterocycles. The van der Waals surface area contributed by atoms with Crippen molar-refractivity contribution < 1.29 is 9.18 Å².